The molecule has 204 valence electrons. The first kappa shape index (κ1) is 27.3. The second-order valence-electron chi connectivity index (χ2n) is 9.81. The SMILES string of the molecule is COc1ccc(CC(=O)N2CCCN(C(=O)Nc3ccc(OC)cc3)C2C(=O)NC2CCC(N)CC2)cc1. The highest BCUT2D eigenvalue weighted by atomic mass is 16.5. The van der Waals surface area contributed by atoms with Gasteiger partial charge in [-0.2, -0.15) is 0 Å². The zero-order valence-electron chi connectivity index (χ0n) is 22.0. The lowest BCUT2D eigenvalue weighted by Gasteiger charge is -2.43. The Balaban J connectivity index is 1.53. The predicted molar refractivity (Wildman–Crippen MR) is 144 cm³/mol. The van der Waals surface area contributed by atoms with E-state index in [2.05, 4.69) is 10.6 Å². The number of urea groups is 1. The van der Waals surface area contributed by atoms with Crippen LogP contribution in [0.15, 0.2) is 48.5 Å². The molecule has 38 heavy (non-hydrogen) atoms. The van der Waals surface area contributed by atoms with Crippen molar-refractivity contribution < 1.29 is 23.9 Å². The van der Waals surface area contributed by atoms with Crippen LogP contribution in [-0.4, -0.2) is 73.2 Å². The summed E-state index contributed by atoms with van der Waals surface area (Å²) in [6, 6.07) is 13.9. The minimum atomic E-state index is -1.05. The lowest BCUT2D eigenvalue weighted by Crippen LogP contribution is -2.65. The first-order chi connectivity index (χ1) is 18.4. The third-order valence-electron chi connectivity index (χ3n) is 7.18. The van der Waals surface area contributed by atoms with Gasteiger partial charge >= 0.3 is 6.03 Å². The Hall–Kier alpha value is -3.79. The lowest BCUT2D eigenvalue weighted by molar-refractivity contribution is -0.148. The Morgan fingerprint density at radius 2 is 1.45 bits per heavy atom. The van der Waals surface area contributed by atoms with Crippen LogP contribution >= 0.6 is 0 Å². The Morgan fingerprint density at radius 1 is 0.868 bits per heavy atom. The third-order valence-corrected chi connectivity index (χ3v) is 7.18. The average Bonchev–Trinajstić information content (AvgIpc) is 2.94. The summed E-state index contributed by atoms with van der Waals surface area (Å²) in [5, 5.41) is 5.96. The van der Waals surface area contributed by atoms with Crippen LogP contribution in [0.2, 0.25) is 0 Å². The van der Waals surface area contributed by atoms with E-state index in [0.29, 0.717) is 36.7 Å². The fourth-order valence-corrected chi connectivity index (χ4v) is 5.01. The second-order valence-corrected chi connectivity index (χ2v) is 9.81. The Kier molecular flexibility index (Phi) is 9.06. The number of methoxy groups -OCH3 is 2. The van der Waals surface area contributed by atoms with Crippen molar-refractivity contribution in [3.63, 3.8) is 0 Å². The minimum absolute atomic E-state index is 0.0331. The van der Waals surface area contributed by atoms with Crippen molar-refractivity contribution in [2.24, 2.45) is 5.73 Å². The first-order valence-corrected chi connectivity index (χ1v) is 13.1. The normalized spacial score (nSPS) is 21.4. The molecule has 0 spiro atoms. The topological polar surface area (TPSA) is 126 Å². The molecule has 0 bridgehead atoms. The van der Waals surface area contributed by atoms with E-state index in [1.54, 1.807) is 50.6 Å². The fourth-order valence-electron chi connectivity index (χ4n) is 5.01. The summed E-state index contributed by atoms with van der Waals surface area (Å²) in [5.41, 5.74) is 7.40. The molecule has 4 amide bonds. The van der Waals surface area contributed by atoms with E-state index < -0.39 is 12.2 Å². The van der Waals surface area contributed by atoms with Gasteiger partial charge in [0.25, 0.3) is 5.91 Å². The summed E-state index contributed by atoms with van der Waals surface area (Å²) < 4.78 is 10.4. The van der Waals surface area contributed by atoms with Gasteiger partial charge in [0.15, 0.2) is 6.17 Å². The van der Waals surface area contributed by atoms with E-state index in [1.165, 1.54) is 9.80 Å². The molecule has 2 aromatic rings. The molecule has 0 aromatic heterocycles. The molecule has 10 nitrogen and oxygen atoms in total. The molecule has 2 aliphatic rings. The number of carbonyl (C=O) groups is 3. The number of hydrogen-bond acceptors (Lipinski definition) is 6. The number of hydrogen-bond donors (Lipinski definition) is 3. The van der Waals surface area contributed by atoms with Crippen molar-refractivity contribution in [1.82, 2.24) is 15.1 Å². The van der Waals surface area contributed by atoms with E-state index in [4.69, 9.17) is 15.2 Å². The van der Waals surface area contributed by atoms with Crippen LogP contribution in [0, 0.1) is 0 Å². The highest BCUT2D eigenvalue weighted by molar-refractivity contribution is 5.96. The number of nitrogens with one attached hydrogen (secondary N) is 2. The zero-order valence-corrected chi connectivity index (χ0v) is 22.0. The molecule has 1 saturated heterocycles. The molecule has 1 aliphatic heterocycles. The number of rotatable bonds is 7. The van der Waals surface area contributed by atoms with Gasteiger partial charge in [-0.3, -0.25) is 14.5 Å². The Bertz CT molecular complexity index is 1030. The lowest BCUT2D eigenvalue weighted by atomic mass is 9.91. The Labute approximate surface area is 223 Å². The van der Waals surface area contributed by atoms with Crippen LogP contribution in [0.25, 0.3) is 0 Å². The summed E-state index contributed by atoms with van der Waals surface area (Å²) in [7, 11) is 3.16. The zero-order chi connectivity index (χ0) is 27.1. The van der Waals surface area contributed by atoms with Crippen LogP contribution in [0.4, 0.5) is 10.5 Å². The molecule has 10 heteroatoms. The first-order valence-electron chi connectivity index (χ1n) is 13.1. The number of benzene rings is 2. The maximum atomic E-state index is 13.7. The number of ether oxygens (including phenoxy) is 2. The van der Waals surface area contributed by atoms with Gasteiger partial charge < -0.3 is 30.7 Å². The molecule has 1 atom stereocenters. The van der Waals surface area contributed by atoms with Crippen LogP contribution in [0.5, 0.6) is 11.5 Å². The highest BCUT2D eigenvalue weighted by Gasteiger charge is 2.41. The highest BCUT2D eigenvalue weighted by Crippen LogP contribution is 2.23. The molecule has 1 unspecified atom stereocenters. The molecule has 0 radical (unpaired) electrons. The van der Waals surface area contributed by atoms with Crippen molar-refractivity contribution in [3.05, 3.63) is 54.1 Å². The number of nitrogens with two attached hydrogens (primary N) is 1. The summed E-state index contributed by atoms with van der Waals surface area (Å²) in [4.78, 5) is 43.5. The third kappa shape index (κ3) is 6.74. The molecular weight excluding hydrogens is 486 g/mol. The van der Waals surface area contributed by atoms with Crippen LogP contribution in [0.1, 0.15) is 37.7 Å². The molecule has 2 aromatic carbocycles. The molecule has 4 rings (SSSR count). The largest absolute Gasteiger partial charge is 0.497 e. The van der Waals surface area contributed by atoms with Gasteiger partial charge in [0.05, 0.1) is 20.6 Å². The predicted octanol–water partition coefficient (Wildman–Crippen LogP) is 2.72. The number of anilines is 1. The Morgan fingerprint density at radius 3 is 2.05 bits per heavy atom. The molecule has 1 saturated carbocycles. The smallest absolute Gasteiger partial charge is 0.323 e. The molecular formula is C28H37N5O5. The molecule has 1 heterocycles. The summed E-state index contributed by atoms with van der Waals surface area (Å²) in [6.07, 6.45) is 2.83. The molecule has 1 aliphatic carbocycles. The van der Waals surface area contributed by atoms with Gasteiger partial charge in [-0.15, -0.1) is 0 Å². The quantitative estimate of drug-likeness (QED) is 0.512. The van der Waals surface area contributed by atoms with Crippen LogP contribution in [0.3, 0.4) is 0 Å². The van der Waals surface area contributed by atoms with Crippen LogP contribution < -0.4 is 25.8 Å². The van der Waals surface area contributed by atoms with Gasteiger partial charge in [0, 0.05) is 30.9 Å². The summed E-state index contributed by atoms with van der Waals surface area (Å²) >= 11 is 0. The van der Waals surface area contributed by atoms with Crippen molar-refractivity contribution in [1.29, 1.82) is 0 Å². The van der Waals surface area contributed by atoms with Crippen molar-refractivity contribution >= 4 is 23.5 Å². The van der Waals surface area contributed by atoms with Gasteiger partial charge in [-0.25, -0.2) is 4.79 Å². The second kappa shape index (κ2) is 12.6. The van der Waals surface area contributed by atoms with Gasteiger partial charge in [0.2, 0.25) is 5.91 Å². The standard InChI is InChI=1S/C28H37N5O5/c1-37-23-12-4-19(5-13-23)18-25(34)32-16-3-17-33(28(36)31-22-10-14-24(38-2)15-11-22)27(32)26(35)30-21-8-6-20(29)7-9-21/h4-5,10-15,20-21,27H,3,6-9,16-18,29H2,1-2H3,(H,30,35)(H,31,36). The van der Waals surface area contributed by atoms with E-state index in [9.17, 15) is 14.4 Å². The van der Waals surface area contributed by atoms with Gasteiger partial charge in [-0.1, -0.05) is 12.1 Å². The van der Waals surface area contributed by atoms with E-state index in [-0.39, 0.29) is 30.3 Å². The van der Waals surface area contributed by atoms with Crippen LogP contribution in [-0.2, 0) is 16.0 Å². The number of carbonyl (C=O) groups excluding carboxylic acids is 3. The van der Waals surface area contributed by atoms with Crippen molar-refractivity contribution in [3.8, 4) is 11.5 Å². The van der Waals surface area contributed by atoms with Crippen molar-refractivity contribution in [2.45, 2.75) is 56.8 Å². The molecule has 4 N–H and O–H groups in total. The maximum absolute atomic E-state index is 13.7. The van der Waals surface area contributed by atoms with Crippen molar-refractivity contribution in [2.75, 3.05) is 32.6 Å². The van der Waals surface area contributed by atoms with E-state index in [0.717, 1.165) is 31.2 Å². The average molecular weight is 524 g/mol. The number of nitrogens with zero attached hydrogens (tertiary/aromatic N) is 2. The van der Waals surface area contributed by atoms with E-state index >= 15 is 0 Å². The summed E-state index contributed by atoms with van der Waals surface area (Å²) in [5.74, 6) is 0.798. The monoisotopic (exact) mass is 523 g/mol. The van der Waals surface area contributed by atoms with E-state index in [1.807, 2.05) is 12.1 Å². The molecule has 2 fully saturated rings. The minimum Gasteiger partial charge on any atom is -0.497 e. The fraction of sp³-hybridized carbons (Fsp3) is 0.464. The van der Waals surface area contributed by atoms with Gasteiger partial charge in [0.1, 0.15) is 11.5 Å². The maximum Gasteiger partial charge on any atom is 0.323 e. The summed E-state index contributed by atoms with van der Waals surface area (Å²) in [6.45, 7) is 0.733. The van der Waals surface area contributed by atoms with Gasteiger partial charge in [-0.05, 0) is 74.1 Å². The number of amides is 4.